The molecule has 0 unspecified atom stereocenters. The Morgan fingerprint density at radius 1 is 1.11 bits per heavy atom. The number of ether oxygens (including phenoxy) is 1. The molecule has 2 aromatic heterocycles. The number of benzene rings is 1. The van der Waals surface area contributed by atoms with Crippen LogP contribution in [0.5, 0.6) is 0 Å². The summed E-state index contributed by atoms with van der Waals surface area (Å²) in [4.78, 5) is 48.6. The maximum Gasteiger partial charge on any atom is 0.332 e. The van der Waals surface area contributed by atoms with Crippen molar-refractivity contribution < 1.29 is 14.3 Å². The number of hydrogen-bond acceptors (Lipinski definition) is 6. The van der Waals surface area contributed by atoms with E-state index in [1.807, 2.05) is 37.3 Å². The number of ketones is 1. The van der Waals surface area contributed by atoms with Crippen molar-refractivity contribution in [1.29, 1.82) is 0 Å². The SMILES string of the molecule is Cc1cc2ccccc2n1CC(=O)OCC(=O)c1c(N)n(C)c(=O)n(C)c1=O. The van der Waals surface area contributed by atoms with Gasteiger partial charge in [-0.25, -0.2) is 4.79 Å². The van der Waals surface area contributed by atoms with E-state index in [1.165, 1.54) is 14.1 Å². The average Bonchev–Trinajstić information content (AvgIpc) is 2.98. The number of Topliss-reactive ketones (excluding diaryl/α,β-unsaturated/α-hetero) is 1. The number of nitrogens with zero attached hydrogens (tertiary/aromatic N) is 3. The Bertz CT molecular complexity index is 1220. The molecule has 28 heavy (non-hydrogen) atoms. The Balaban J connectivity index is 1.77. The molecule has 0 radical (unpaired) electrons. The van der Waals surface area contributed by atoms with Gasteiger partial charge in [-0.05, 0) is 24.4 Å². The Labute approximate surface area is 159 Å². The standard InChI is InChI=1S/C19H20N4O5/c1-11-8-12-6-4-5-7-13(12)23(11)9-15(25)28-10-14(24)16-17(20)21(2)19(27)22(3)18(16)26/h4-8H,9-10,20H2,1-3H3. The number of carbonyl (C=O) groups is 2. The fourth-order valence-corrected chi connectivity index (χ4v) is 3.07. The van der Waals surface area contributed by atoms with Crippen molar-refractivity contribution in [2.24, 2.45) is 14.1 Å². The molecule has 0 amide bonds. The number of para-hydroxylation sites is 1. The Morgan fingerprint density at radius 2 is 1.79 bits per heavy atom. The molecule has 0 saturated heterocycles. The molecule has 0 aliphatic heterocycles. The summed E-state index contributed by atoms with van der Waals surface area (Å²) in [5.74, 6) is -1.66. The van der Waals surface area contributed by atoms with Crippen LogP contribution in [0.1, 0.15) is 16.1 Å². The number of aryl methyl sites for hydroxylation is 1. The van der Waals surface area contributed by atoms with Crippen LogP contribution in [-0.4, -0.2) is 32.1 Å². The van der Waals surface area contributed by atoms with Gasteiger partial charge in [0.1, 0.15) is 17.9 Å². The second kappa shape index (κ2) is 7.18. The lowest BCUT2D eigenvalue weighted by molar-refractivity contribution is -0.143. The van der Waals surface area contributed by atoms with E-state index in [1.54, 1.807) is 4.57 Å². The number of nitrogen functional groups attached to an aromatic ring is 1. The van der Waals surface area contributed by atoms with E-state index in [2.05, 4.69) is 0 Å². The molecule has 9 nitrogen and oxygen atoms in total. The number of carbonyl (C=O) groups excluding carboxylic acids is 2. The topological polar surface area (TPSA) is 118 Å². The number of hydrogen-bond donors (Lipinski definition) is 1. The lowest BCUT2D eigenvalue weighted by Crippen LogP contribution is -2.42. The molecule has 9 heteroatoms. The lowest BCUT2D eigenvalue weighted by atomic mass is 10.2. The Kier molecular flexibility index (Phi) is 4.91. The molecule has 0 fully saturated rings. The molecule has 2 heterocycles. The van der Waals surface area contributed by atoms with Crippen LogP contribution >= 0.6 is 0 Å². The van der Waals surface area contributed by atoms with Gasteiger partial charge in [0, 0.05) is 25.3 Å². The highest BCUT2D eigenvalue weighted by Crippen LogP contribution is 2.19. The number of anilines is 1. The van der Waals surface area contributed by atoms with Gasteiger partial charge >= 0.3 is 11.7 Å². The number of aromatic nitrogens is 3. The van der Waals surface area contributed by atoms with E-state index in [-0.39, 0.29) is 17.9 Å². The predicted octanol–water partition coefficient (Wildman–Crippen LogP) is 0.355. The van der Waals surface area contributed by atoms with E-state index in [0.29, 0.717) is 0 Å². The highest BCUT2D eigenvalue weighted by molar-refractivity contribution is 6.01. The van der Waals surface area contributed by atoms with Crippen molar-refractivity contribution in [3.05, 3.63) is 62.4 Å². The molecule has 3 aromatic rings. The van der Waals surface area contributed by atoms with Crippen molar-refractivity contribution in [1.82, 2.24) is 13.7 Å². The molecule has 0 aliphatic rings. The molecule has 146 valence electrons. The highest BCUT2D eigenvalue weighted by atomic mass is 16.5. The number of rotatable bonds is 5. The summed E-state index contributed by atoms with van der Waals surface area (Å²) in [6.07, 6.45) is 0. The molecule has 0 spiro atoms. The molecule has 0 bridgehead atoms. The fraction of sp³-hybridized carbons (Fsp3) is 0.263. The minimum absolute atomic E-state index is 0.0760. The van der Waals surface area contributed by atoms with Crippen molar-refractivity contribution in [3.63, 3.8) is 0 Å². The van der Waals surface area contributed by atoms with Crippen LogP contribution in [0.15, 0.2) is 39.9 Å². The Morgan fingerprint density at radius 3 is 2.50 bits per heavy atom. The minimum atomic E-state index is -0.825. The highest BCUT2D eigenvalue weighted by Gasteiger charge is 2.21. The van der Waals surface area contributed by atoms with Gasteiger partial charge in [-0.15, -0.1) is 0 Å². The smallest absolute Gasteiger partial charge is 0.332 e. The van der Waals surface area contributed by atoms with Gasteiger partial charge in [-0.2, -0.15) is 0 Å². The van der Waals surface area contributed by atoms with Crippen molar-refractivity contribution in [3.8, 4) is 0 Å². The first-order chi connectivity index (χ1) is 13.2. The van der Waals surface area contributed by atoms with E-state index in [4.69, 9.17) is 10.5 Å². The number of esters is 1. The molecular formula is C19H20N4O5. The normalized spacial score (nSPS) is 11.0. The second-order valence-electron chi connectivity index (χ2n) is 6.48. The van der Waals surface area contributed by atoms with Gasteiger partial charge < -0.3 is 15.0 Å². The zero-order valence-corrected chi connectivity index (χ0v) is 15.8. The third-order valence-electron chi connectivity index (χ3n) is 4.66. The molecule has 0 atom stereocenters. The van der Waals surface area contributed by atoms with E-state index in [0.717, 1.165) is 25.7 Å². The van der Waals surface area contributed by atoms with Crippen LogP contribution in [0.2, 0.25) is 0 Å². The molecule has 0 aliphatic carbocycles. The third kappa shape index (κ3) is 3.22. The zero-order valence-electron chi connectivity index (χ0n) is 15.8. The molecule has 0 saturated carbocycles. The van der Waals surface area contributed by atoms with Crippen LogP contribution < -0.4 is 17.0 Å². The summed E-state index contributed by atoms with van der Waals surface area (Å²) in [5, 5.41) is 0.991. The van der Waals surface area contributed by atoms with Crippen LogP contribution in [0.3, 0.4) is 0 Å². The maximum atomic E-state index is 12.4. The predicted molar refractivity (Wildman–Crippen MR) is 103 cm³/mol. The van der Waals surface area contributed by atoms with Crippen LogP contribution in [0.25, 0.3) is 10.9 Å². The van der Waals surface area contributed by atoms with Gasteiger partial charge in [0.05, 0.1) is 0 Å². The molecule has 1 aromatic carbocycles. The van der Waals surface area contributed by atoms with Crippen molar-refractivity contribution in [2.45, 2.75) is 13.5 Å². The van der Waals surface area contributed by atoms with Gasteiger partial charge in [0.2, 0.25) is 5.78 Å². The summed E-state index contributed by atoms with van der Waals surface area (Å²) in [6.45, 7) is 1.15. The molecular weight excluding hydrogens is 364 g/mol. The quantitative estimate of drug-likeness (QED) is 0.501. The molecule has 2 N–H and O–H groups in total. The summed E-state index contributed by atoms with van der Waals surface area (Å²) < 4.78 is 8.60. The van der Waals surface area contributed by atoms with Gasteiger partial charge in [-0.3, -0.25) is 23.5 Å². The van der Waals surface area contributed by atoms with E-state index < -0.39 is 29.6 Å². The summed E-state index contributed by atoms with van der Waals surface area (Å²) >= 11 is 0. The number of fused-ring (bicyclic) bond motifs is 1. The zero-order chi connectivity index (χ0) is 20.6. The fourth-order valence-electron chi connectivity index (χ4n) is 3.07. The summed E-state index contributed by atoms with van der Waals surface area (Å²) in [7, 11) is 2.59. The monoisotopic (exact) mass is 384 g/mol. The first kappa shape index (κ1) is 19.2. The van der Waals surface area contributed by atoms with Gasteiger partial charge in [0.25, 0.3) is 5.56 Å². The number of nitrogens with two attached hydrogens (primary N) is 1. The average molecular weight is 384 g/mol. The van der Waals surface area contributed by atoms with Crippen LogP contribution in [-0.2, 0) is 30.2 Å². The van der Waals surface area contributed by atoms with Crippen LogP contribution in [0, 0.1) is 6.92 Å². The Hall–Kier alpha value is -3.62. The van der Waals surface area contributed by atoms with Gasteiger partial charge in [0.15, 0.2) is 6.61 Å². The van der Waals surface area contributed by atoms with E-state index in [9.17, 15) is 19.2 Å². The summed E-state index contributed by atoms with van der Waals surface area (Å²) in [5.41, 5.74) is 5.64. The molecule has 3 rings (SSSR count). The third-order valence-corrected chi connectivity index (χ3v) is 4.66. The van der Waals surface area contributed by atoms with Crippen molar-refractivity contribution in [2.75, 3.05) is 12.3 Å². The van der Waals surface area contributed by atoms with E-state index >= 15 is 0 Å². The maximum absolute atomic E-state index is 12.4. The minimum Gasteiger partial charge on any atom is -0.456 e. The first-order valence-electron chi connectivity index (χ1n) is 8.51. The lowest BCUT2D eigenvalue weighted by Gasteiger charge is -2.11. The largest absolute Gasteiger partial charge is 0.456 e. The van der Waals surface area contributed by atoms with Crippen LogP contribution in [0.4, 0.5) is 5.82 Å². The second-order valence-corrected chi connectivity index (χ2v) is 6.48. The van der Waals surface area contributed by atoms with Crippen molar-refractivity contribution >= 4 is 28.5 Å². The first-order valence-corrected chi connectivity index (χ1v) is 8.51. The summed E-state index contributed by atoms with van der Waals surface area (Å²) in [6, 6.07) is 9.54. The van der Waals surface area contributed by atoms with Gasteiger partial charge in [-0.1, -0.05) is 18.2 Å².